The maximum Gasteiger partial charge on any atom is 0.416 e. The largest absolute Gasteiger partial charge is 0.477 e. The van der Waals surface area contributed by atoms with Gasteiger partial charge in [0.25, 0.3) is 5.56 Å². The number of nitrogens with two attached hydrogens (primary N) is 1. The Morgan fingerprint density at radius 3 is 2.54 bits per heavy atom. The van der Waals surface area contributed by atoms with Crippen LogP contribution < -0.4 is 11.3 Å². The minimum atomic E-state index is -4.58. The maximum absolute atomic E-state index is 13.1. The van der Waals surface area contributed by atoms with Crippen LogP contribution in [-0.4, -0.2) is 22.6 Å². The first-order valence-corrected chi connectivity index (χ1v) is 8.25. The van der Waals surface area contributed by atoms with Crippen LogP contribution in [0.3, 0.4) is 0 Å². The third-order valence-electron chi connectivity index (χ3n) is 4.79. The molecule has 9 heteroatoms. The molecule has 0 bridgehead atoms. The average molecular weight is 415 g/mol. The summed E-state index contributed by atoms with van der Waals surface area (Å²) < 4.78 is 39.2. The maximum atomic E-state index is 13.1. The summed E-state index contributed by atoms with van der Waals surface area (Å²) in [6.07, 6.45) is 3.23. The Balaban J connectivity index is 0.00000280. The van der Waals surface area contributed by atoms with Crippen molar-refractivity contribution in [2.45, 2.75) is 24.4 Å². The van der Waals surface area contributed by atoms with Gasteiger partial charge in [-0.15, -0.1) is 12.4 Å². The number of hydrogen-bond donors (Lipinski definition) is 3. The van der Waals surface area contributed by atoms with Gasteiger partial charge in [0.1, 0.15) is 5.56 Å². The fourth-order valence-electron chi connectivity index (χ4n) is 3.61. The molecule has 28 heavy (non-hydrogen) atoms. The van der Waals surface area contributed by atoms with E-state index in [9.17, 15) is 27.9 Å². The SMILES string of the molecule is Cl.NCCC1(c2c(C(=O)O)c(=O)[nH]c3cc(C(F)(F)F)ccc23)C=CC=CC1. The highest BCUT2D eigenvalue weighted by Gasteiger charge is 2.37. The molecular weight excluding hydrogens is 397 g/mol. The van der Waals surface area contributed by atoms with Gasteiger partial charge < -0.3 is 15.8 Å². The van der Waals surface area contributed by atoms with E-state index in [-0.39, 0.29) is 35.4 Å². The first-order valence-electron chi connectivity index (χ1n) is 8.25. The van der Waals surface area contributed by atoms with E-state index in [4.69, 9.17) is 5.73 Å². The number of H-pyrrole nitrogens is 1. The second-order valence-corrected chi connectivity index (χ2v) is 6.45. The third-order valence-corrected chi connectivity index (χ3v) is 4.79. The molecule has 1 aromatic carbocycles. The van der Waals surface area contributed by atoms with Gasteiger partial charge >= 0.3 is 12.1 Å². The molecule has 0 spiro atoms. The van der Waals surface area contributed by atoms with Crippen LogP contribution in [0.2, 0.25) is 0 Å². The molecule has 0 fully saturated rings. The smallest absolute Gasteiger partial charge is 0.416 e. The predicted molar refractivity (Wildman–Crippen MR) is 102 cm³/mol. The number of allylic oxidation sites excluding steroid dienone is 4. The first-order chi connectivity index (χ1) is 12.7. The molecule has 1 aliphatic carbocycles. The summed E-state index contributed by atoms with van der Waals surface area (Å²) in [5.74, 6) is -1.44. The van der Waals surface area contributed by atoms with E-state index in [1.807, 2.05) is 6.08 Å². The number of pyridine rings is 1. The zero-order valence-electron chi connectivity index (χ0n) is 14.5. The fourth-order valence-corrected chi connectivity index (χ4v) is 3.61. The summed E-state index contributed by atoms with van der Waals surface area (Å²) in [6.45, 7) is 0.214. The number of fused-ring (bicyclic) bond motifs is 1. The molecule has 1 atom stereocenters. The van der Waals surface area contributed by atoms with Gasteiger partial charge in [-0.25, -0.2) is 4.79 Å². The van der Waals surface area contributed by atoms with Gasteiger partial charge in [-0.3, -0.25) is 4.79 Å². The van der Waals surface area contributed by atoms with Crippen molar-refractivity contribution in [2.75, 3.05) is 6.54 Å². The summed E-state index contributed by atoms with van der Waals surface area (Å²) >= 11 is 0. The van der Waals surface area contributed by atoms with E-state index >= 15 is 0 Å². The van der Waals surface area contributed by atoms with Gasteiger partial charge in [0, 0.05) is 16.3 Å². The molecule has 0 saturated carbocycles. The first kappa shape index (κ1) is 21.7. The standard InChI is InChI=1S/C19H17F3N2O3.ClH/c20-19(21,22)11-4-5-12-13(10-11)24-16(25)14(17(26)27)15(12)18(8-9-23)6-2-1-3-7-18;/h1-6,10H,7-9,23H2,(H,24,25)(H,26,27);1H. The summed E-state index contributed by atoms with van der Waals surface area (Å²) in [4.78, 5) is 26.6. The van der Waals surface area contributed by atoms with Gasteiger partial charge in [-0.05, 0) is 37.1 Å². The molecule has 3 rings (SSSR count). The number of aromatic amines is 1. The Hall–Kier alpha value is -2.58. The van der Waals surface area contributed by atoms with Crippen molar-refractivity contribution in [1.29, 1.82) is 0 Å². The van der Waals surface area contributed by atoms with Crippen LogP contribution in [0.25, 0.3) is 10.9 Å². The van der Waals surface area contributed by atoms with Crippen LogP contribution in [0.15, 0.2) is 47.3 Å². The third kappa shape index (κ3) is 3.70. The molecular formula is C19H18ClF3N2O3. The van der Waals surface area contributed by atoms with Gasteiger partial charge in [0.05, 0.1) is 5.56 Å². The molecule has 4 N–H and O–H groups in total. The molecule has 2 aromatic rings. The number of hydrogen-bond acceptors (Lipinski definition) is 3. The van der Waals surface area contributed by atoms with Crippen molar-refractivity contribution in [2.24, 2.45) is 5.73 Å². The van der Waals surface area contributed by atoms with Crippen LogP contribution >= 0.6 is 12.4 Å². The van der Waals surface area contributed by atoms with E-state index in [0.717, 1.165) is 12.1 Å². The van der Waals surface area contributed by atoms with Crippen LogP contribution in [0.4, 0.5) is 13.2 Å². The lowest BCUT2D eigenvalue weighted by Crippen LogP contribution is -2.34. The van der Waals surface area contributed by atoms with Crippen molar-refractivity contribution in [1.82, 2.24) is 4.98 Å². The Labute approximate surface area is 164 Å². The molecule has 0 amide bonds. The number of benzene rings is 1. The van der Waals surface area contributed by atoms with Crippen molar-refractivity contribution in [3.8, 4) is 0 Å². The topological polar surface area (TPSA) is 96.2 Å². The van der Waals surface area contributed by atoms with Crippen molar-refractivity contribution in [3.05, 3.63) is 69.5 Å². The summed E-state index contributed by atoms with van der Waals surface area (Å²) in [6, 6.07) is 2.92. The summed E-state index contributed by atoms with van der Waals surface area (Å²) in [7, 11) is 0. The fraction of sp³-hybridized carbons (Fsp3) is 0.263. The Kier molecular flexibility index (Phi) is 6.06. The average Bonchev–Trinajstić information content (AvgIpc) is 2.60. The predicted octanol–water partition coefficient (Wildman–Crippen LogP) is 3.77. The molecule has 0 aliphatic heterocycles. The van der Waals surface area contributed by atoms with E-state index in [2.05, 4.69) is 4.98 Å². The van der Waals surface area contributed by atoms with Crippen LogP contribution in [0, 0.1) is 0 Å². The zero-order chi connectivity index (χ0) is 19.8. The second-order valence-electron chi connectivity index (χ2n) is 6.45. The quantitative estimate of drug-likeness (QED) is 0.709. The number of alkyl halides is 3. The Bertz CT molecular complexity index is 1030. The van der Waals surface area contributed by atoms with E-state index in [1.54, 1.807) is 18.2 Å². The van der Waals surface area contributed by atoms with Crippen molar-refractivity contribution >= 4 is 29.3 Å². The number of halogens is 4. The Morgan fingerprint density at radius 1 is 1.29 bits per heavy atom. The number of carboxylic acids is 1. The number of aromatic carboxylic acids is 1. The highest BCUT2D eigenvalue weighted by molar-refractivity contribution is 5.97. The molecule has 5 nitrogen and oxygen atoms in total. The van der Waals surface area contributed by atoms with Gasteiger partial charge in [-0.2, -0.15) is 13.2 Å². The van der Waals surface area contributed by atoms with Crippen LogP contribution in [0.5, 0.6) is 0 Å². The molecule has 0 radical (unpaired) electrons. The summed E-state index contributed by atoms with van der Waals surface area (Å²) in [5.41, 5.74) is 2.63. The highest BCUT2D eigenvalue weighted by atomic mass is 35.5. The number of carbonyl (C=O) groups is 1. The molecule has 1 unspecified atom stereocenters. The monoisotopic (exact) mass is 414 g/mol. The minimum Gasteiger partial charge on any atom is -0.477 e. The number of nitrogens with one attached hydrogen (secondary N) is 1. The highest BCUT2D eigenvalue weighted by Crippen LogP contribution is 2.41. The lowest BCUT2D eigenvalue weighted by atomic mass is 9.70. The molecule has 1 heterocycles. The van der Waals surface area contributed by atoms with Gasteiger partial charge in [-0.1, -0.05) is 30.4 Å². The van der Waals surface area contributed by atoms with Crippen LogP contribution in [0.1, 0.15) is 34.3 Å². The van der Waals surface area contributed by atoms with E-state index < -0.39 is 34.2 Å². The minimum absolute atomic E-state index is 0. The van der Waals surface area contributed by atoms with Crippen molar-refractivity contribution in [3.63, 3.8) is 0 Å². The number of aromatic nitrogens is 1. The Morgan fingerprint density at radius 2 is 2.00 bits per heavy atom. The van der Waals surface area contributed by atoms with E-state index in [0.29, 0.717) is 12.8 Å². The lowest BCUT2D eigenvalue weighted by Gasteiger charge is -2.33. The molecule has 1 aliphatic rings. The number of rotatable bonds is 4. The molecule has 1 aromatic heterocycles. The second kappa shape index (κ2) is 7.81. The molecule has 150 valence electrons. The normalized spacial score (nSPS) is 18.9. The summed E-state index contributed by atoms with van der Waals surface area (Å²) in [5, 5.41) is 9.89. The van der Waals surface area contributed by atoms with E-state index in [1.165, 1.54) is 6.07 Å². The number of carboxylic acid groups (broad SMARTS) is 1. The lowest BCUT2D eigenvalue weighted by molar-refractivity contribution is -0.137. The molecule has 0 saturated heterocycles. The van der Waals surface area contributed by atoms with Gasteiger partial charge in [0.2, 0.25) is 0 Å². The van der Waals surface area contributed by atoms with Gasteiger partial charge in [0.15, 0.2) is 0 Å². The van der Waals surface area contributed by atoms with Crippen molar-refractivity contribution < 1.29 is 23.1 Å². The van der Waals surface area contributed by atoms with Crippen LogP contribution in [-0.2, 0) is 11.6 Å². The zero-order valence-corrected chi connectivity index (χ0v) is 15.4.